The first-order valence-corrected chi connectivity index (χ1v) is 11.5. The van der Waals surface area contributed by atoms with Gasteiger partial charge in [-0.15, -0.1) is 5.41 Å². The second-order valence-corrected chi connectivity index (χ2v) is 12.6. The molecule has 0 bridgehead atoms. The van der Waals surface area contributed by atoms with E-state index in [2.05, 4.69) is 86.1 Å². The molecule has 0 spiro atoms. The van der Waals surface area contributed by atoms with Crippen LogP contribution >= 0.6 is 0 Å². The summed E-state index contributed by atoms with van der Waals surface area (Å²) in [4.78, 5) is 0. The Morgan fingerprint density at radius 3 is 1.45 bits per heavy atom. The molecule has 0 radical (unpaired) electrons. The van der Waals surface area contributed by atoms with Crippen LogP contribution in [0.15, 0.2) is 24.3 Å². The summed E-state index contributed by atoms with van der Waals surface area (Å²) in [7, 11) is 0. The van der Waals surface area contributed by atoms with E-state index in [4.69, 9.17) is 0 Å². The summed E-state index contributed by atoms with van der Waals surface area (Å²) in [6.45, 7) is 19.4. The van der Waals surface area contributed by atoms with Crippen molar-refractivity contribution in [1.29, 1.82) is 0 Å². The molecule has 2 aromatic carbocycles. The molecule has 0 saturated heterocycles. The Morgan fingerprint density at radius 1 is 0.576 bits per heavy atom. The predicted molar refractivity (Wildman–Crippen MR) is 125 cm³/mol. The van der Waals surface area contributed by atoms with E-state index in [9.17, 15) is 0 Å². The second-order valence-electron chi connectivity index (χ2n) is 12.6. The maximum atomic E-state index is 2.58. The summed E-state index contributed by atoms with van der Waals surface area (Å²) >= 11 is 0. The monoisotopic (exact) mass is 580 g/mol. The van der Waals surface area contributed by atoms with E-state index in [-0.39, 0.29) is 85.1 Å². The van der Waals surface area contributed by atoms with Crippen LogP contribution in [0.3, 0.4) is 0 Å². The quantitative estimate of drug-likeness (QED) is 0.292. The van der Waals surface area contributed by atoms with Crippen molar-refractivity contribution in [3.05, 3.63) is 64.1 Å². The predicted octanol–water partition coefficient (Wildman–Crippen LogP) is -1.22. The Bertz CT molecular complexity index is 964. The zero-order valence-electron chi connectivity index (χ0n) is 21.3. The van der Waals surface area contributed by atoms with Gasteiger partial charge in [-0.3, -0.25) is 0 Å². The maximum absolute atomic E-state index is 2.58. The molecule has 0 N–H and O–H groups in total. The van der Waals surface area contributed by atoms with Gasteiger partial charge in [0, 0.05) is 0 Å². The van der Waals surface area contributed by atoms with Crippen molar-refractivity contribution < 1.29 is 63.4 Å². The molecule has 2 aromatic rings. The fourth-order valence-electron chi connectivity index (χ4n) is 6.13. The normalized spacial score (nSPS) is 21.3. The third-order valence-electron chi connectivity index (χ3n) is 8.54. The number of benzene rings is 2. The first-order chi connectivity index (χ1) is 13.3. The fourth-order valence-corrected chi connectivity index (χ4v) is 6.13. The number of hydrogen-bond acceptors (Lipinski definition) is 0. The van der Waals surface area contributed by atoms with Crippen molar-refractivity contribution >= 4 is 0 Å². The molecule has 33 heavy (non-hydrogen) atoms. The van der Waals surface area contributed by atoms with Crippen molar-refractivity contribution in [3.63, 3.8) is 0 Å². The molecule has 178 valence electrons. The molecular weight excluding hydrogens is 546 g/mol. The van der Waals surface area contributed by atoms with Gasteiger partial charge >= 0.3 is 26.2 Å². The molecular formula is C29H37Cl3Zr. The van der Waals surface area contributed by atoms with E-state index in [0.717, 1.165) is 12.8 Å². The van der Waals surface area contributed by atoms with Gasteiger partial charge in [0.15, 0.2) is 0 Å². The van der Waals surface area contributed by atoms with Crippen LogP contribution in [0.1, 0.15) is 108 Å². The van der Waals surface area contributed by atoms with Crippen LogP contribution in [0.4, 0.5) is 0 Å². The van der Waals surface area contributed by atoms with Crippen LogP contribution in [0.25, 0.3) is 11.1 Å². The van der Waals surface area contributed by atoms with E-state index in [1.807, 2.05) is 0 Å². The van der Waals surface area contributed by atoms with Crippen molar-refractivity contribution in [2.75, 3.05) is 0 Å². The molecule has 0 amide bonds. The van der Waals surface area contributed by atoms with E-state index in [1.54, 1.807) is 27.8 Å². The third-order valence-corrected chi connectivity index (χ3v) is 8.54. The molecule has 0 fully saturated rings. The molecule has 3 aliphatic rings. The van der Waals surface area contributed by atoms with Gasteiger partial charge in [-0.05, 0) is 74.5 Å². The first kappa shape index (κ1) is 31.2. The zero-order valence-corrected chi connectivity index (χ0v) is 26.1. The molecule has 0 heterocycles. The van der Waals surface area contributed by atoms with E-state index in [1.165, 1.54) is 29.5 Å². The Morgan fingerprint density at radius 2 is 0.970 bits per heavy atom. The Kier molecular flexibility index (Phi) is 9.06. The number of hydrogen-bond donors (Lipinski definition) is 0. The minimum atomic E-state index is 0. The van der Waals surface area contributed by atoms with Gasteiger partial charge in [0.2, 0.25) is 0 Å². The zero-order chi connectivity index (χ0) is 21.0. The van der Waals surface area contributed by atoms with Crippen LogP contribution < -0.4 is 37.2 Å². The van der Waals surface area contributed by atoms with Crippen molar-refractivity contribution in [2.45, 2.75) is 103 Å². The van der Waals surface area contributed by atoms with E-state index < -0.39 is 0 Å². The standard InChI is InChI=1S/C29H37.3ClH.Zr/c1-26(2)9-11-28(5,6)24-16-20-18(14-22(24)26)13-19-15-23-25(17-21(19)20)29(7,8)12-10-27(23,3)4;;;;/h9,14-17H,10-13H2,1-8H3;3*1H;/q-1;;;;+4/p-3. The smallest absolute Gasteiger partial charge is 1.00 e. The van der Waals surface area contributed by atoms with Crippen LogP contribution in [-0.2, 0) is 54.3 Å². The topological polar surface area (TPSA) is 0 Å². The van der Waals surface area contributed by atoms with E-state index in [0.29, 0.717) is 0 Å². The Hall–Kier alpha value is 0.193. The second kappa shape index (κ2) is 9.58. The summed E-state index contributed by atoms with van der Waals surface area (Å²) in [6.07, 6.45) is 7.35. The number of halogens is 3. The average molecular weight is 583 g/mol. The van der Waals surface area contributed by atoms with Gasteiger partial charge in [0.25, 0.3) is 0 Å². The first-order valence-electron chi connectivity index (χ1n) is 11.5. The van der Waals surface area contributed by atoms with E-state index >= 15 is 0 Å². The summed E-state index contributed by atoms with van der Waals surface area (Å²) in [5, 5.41) is 0. The third kappa shape index (κ3) is 4.80. The summed E-state index contributed by atoms with van der Waals surface area (Å²) in [5.41, 5.74) is 13.3. The summed E-state index contributed by atoms with van der Waals surface area (Å²) in [6, 6.07) is 10.3. The van der Waals surface area contributed by atoms with Crippen molar-refractivity contribution in [1.82, 2.24) is 0 Å². The molecule has 0 nitrogen and oxygen atoms in total. The van der Waals surface area contributed by atoms with Gasteiger partial charge in [0.05, 0.1) is 0 Å². The largest absolute Gasteiger partial charge is 4.00 e. The minimum absolute atomic E-state index is 0. The Balaban J connectivity index is 0.00000136. The molecule has 0 atom stereocenters. The SMILES string of the molecule is CC1(C)[CH-]CC(C)(C)c2cc3c(cc21)Cc1cc2c(cc1-3)C(C)(C)CCC2(C)C.[Cl-].[Cl-].[Cl-].[Zr+4]. The van der Waals surface area contributed by atoms with Gasteiger partial charge in [0.1, 0.15) is 0 Å². The molecule has 0 unspecified atom stereocenters. The van der Waals surface area contributed by atoms with Crippen molar-refractivity contribution in [2.24, 2.45) is 0 Å². The average Bonchev–Trinajstić information content (AvgIpc) is 2.98. The van der Waals surface area contributed by atoms with Crippen LogP contribution in [-0.4, -0.2) is 0 Å². The van der Waals surface area contributed by atoms with Gasteiger partial charge in [-0.25, -0.2) is 0 Å². The molecule has 5 rings (SSSR count). The Labute approximate surface area is 239 Å². The van der Waals surface area contributed by atoms with Crippen molar-refractivity contribution in [3.8, 4) is 11.1 Å². The molecule has 4 heteroatoms. The summed E-state index contributed by atoms with van der Waals surface area (Å²) < 4.78 is 0. The van der Waals surface area contributed by atoms with Gasteiger partial charge < -0.3 is 43.6 Å². The molecule has 0 aromatic heterocycles. The molecule has 0 aliphatic heterocycles. The van der Waals surface area contributed by atoms with Crippen LogP contribution in [0, 0.1) is 6.42 Å². The molecule has 3 aliphatic carbocycles. The maximum Gasteiger partial charge on any atom is 4.00 e. The fraction of sp³-hybridized carbons (Fsp3) is 0.552. The van der Waals surface area contributed by atoms with Crippen LogP contribution in [0.5, 0.6) is 0 Å². The minimum Gasteiger partial charge on any atom is -1.00 e. The number of rotatable bonds is 0. The van der Waals surface area contributed by atoms with Gasteiger partial charge in [-0.2, -0.15) is 6.42 Å². The van der Waals surface area contributed by atoms with Crippen LogP contribution in [0.2, 0.25) is 0 Å². The number of fused-ring (bicyclic) bond motifs is 5. The van der Waals surface area contributed by atoms with Gasteiger partial charge in [-0.1, -0.05) is 85.2 Å². The molecule has 0 saturated carbocycles. The summed E-state index contributed by atoms with van der Waals surface area (Å²) in [5.74, 6) is 0.